The number of nitrogens with zero attached hydrogens (tertiary/aromatic N) is 2. The van der Waals surface area contributed by atoms with E-state index in [9.17, 15) is 4.79 Å². The summed E-state index contributed by atoms with van der Waals surface area (Å²) in [6.07, 6.45) is 4.34. The lowest BCUT2D eigenvalue weighted by molar-refractivity contribution is -0.113. The largest absolute Gasteiger partial charge is 0.494 e. The first-order valence-electron chi connectivity index (χ1n) is 8.16. The summed E-state index contributed by atoms with van der Waals surface area (Å²) in [7, 11) is 0. The summed E-state index contributed by atoms with van der Waals surface area (Å²) in [5.74, 6) is 1.39. The maximum Gasteiger partial charge on any atom is 0.286 e. The highest BCUT2D eigenvalue weighted by Gasteiger charge is 2.28. The molecule has 122 valence electrons. The van der Waals surface area contributed by atoms with Gasteiger partial charge in [-0.25, -0.2) is 0 Å². The molecule has 3 rings (SSSR count). The van der Waals surface area contributed by atoms with Crippen LogP contribution in [0.15, 0.2) is 34.2 Å². The normalized spacial score (nSPS) is 23.3. The van der Waals surface area contributed by atoms with Crippen LogP contribution >= 0.6 is 11.8 Å². The number of likely N-dealkylation sites (tertiary alicyclic amines) is 1. The second-order valence-electron chi connectivity index (χ2n) is 6.01. The van der Waals surface area contributed by atoms with Crippen molar-refractivity contribution in [2.24, 2.45) is 10.9 Å². The molecule has 2 heterocycles. The number of hydrogen-bond acceptors (Lipinski definition) is 4. The zero-order valence-electron chi connectivity index (χ0n) is 13.6. The number of thioether (sulfide) groups is 1. The van der Waals surface area contributed by atoms with Crippen LogP contribution in [0, 0.1) is 5.92 Å². The van der Waals surface area contributed by atoms with Crippen LogP contribution in [0.4, 0.5) is 0 Å². The average Bonchev–Trinajstić information content (AvgIpc) is 2.91. The lowest BCUT2D eigenvalue weighted by Crippen LogP contribution is -2.37. The van der Waals surface area contributed by atoms with Gasteiger partial charge in [0.15, 0.2) is 5.17 Å². The van der Waals surface area contributed by atoms with E-state index in [1.165, 1.54) is 24.6 Å². The summed E-state index contributed by atoms with van der Waals surface area (Å²) >= 11 is 1.49. The van der Waals surface area contributed by atoms with Crippen molar-refractivity contribution in [2.45, 2.75) is 26.7 Å². The Morgan fingerprint density at radius 3 is 2.87 bits per heavy atom. The molecule has 0 N–H and O–H groups in total. The van der Waals surface area contributed by atoms with E-state index in [0.29, 0.717) is 17.4 Å². The summed E-state index contributed by atoms with van der Waals surface area (Å²) in [6, 6.07) is 7.78. The molecule has 0 aromatic heterocycles. The predicted octanol–water partition coefficient (Wildman–Crippen LogP) is 3.79. The molecule has 2 aliphatic heterocycles. The fourth-order valence-corrected chi connectivity index (χ4v) is 3.82. The van der Waals surface area contributed by atoms with Crippen LogP contribution < -0.4 is 4.74 Å². The Hall–Kier alpha value is -1.75. The minimum Gasteiger partial charge on any atom is -0.494 e. The van der Waals surface area contributed by atoms with Crippen molar-refractivity contribution >= 4 is 28.9 Å². The lowest BCUT2D eigenvalue weighted by atomic mass is 10.0. The molecule has 0 radical (unpaired) electrons. The van der Waals surface area contributed by atoms with Gasteiger partial charge in [0.1, 0.15) is 5.75 Å². The Labute approximate surface area is 141 Å². The molecule has 0 bridgehead atoms. The van der Waals surface area contributed by atoms with E-state index in [-0.39, 0.29) is 5.91 Å². The summed E-state index contributed by atoms with van der Waals surface area (Å²) in [6.45, 7) is 6.87. The molecular weight excluding hydrogens is 308 g/mol. The summed E-state index contributed by atoms with van der Waals surface area (Å²) in [5, 5.41) is 0.860. The lowest BCUT2D eigenvalue weighted by Gasteiger charge is -2.31. The molecule has 1 fully saturated rings. The van der Waals surface area contributed by atoms with Crippen LogP contribution in [-0.4, -0.2) is 35.7 Å². The van der Waals surface area contributed by atoms with Crippen molar-refractivity contribution < 1.29 is 9.53 Å². The van der Waals surface area contributed by atoms with Gasteiger partial charge in [-0.05, 0) is 61.2 Å². The molecular formula is C18H22N2O2S. The minimum absolute atomic E-state index is 0.128. The van der Waals surface area contributed by atoms with Gasteiger partial charge < -0.3 is 9.64 Å². The molecule has 1 amide bonds. The van der Waals surface area contributed by atoms with Gasteiger partial charge in [-0.2, -0.15) is 4.99 Å². The fraction of sp³-hybridized carbons (Fsp3) is 0.444. The van der Waals surface area contributed by atoms with Gasteiger partial charge in [0.25, 0.3) is 5.91 Å². The second kappa shape index (κ2) is 7.21. The quantitative estimate of drug-likeness (QED) is 0.791. The smallest absolute Gasteiger partial charge is 0.286 e. The first kappa shape index (κ1) is 16.1. The molecule has 1 aromatic rings. The molecule has 1 atom stereocenters. The number of rotatable bonds is 3. The van der Waals surface area contributed by atoms with Crippen molar-refractivity contribution in [3.63, 3.8) is 0 Å². The maximum absolute atomic E-state index is 12.2. The van der Waals surface area contributed by atoms with Crippen LogP contribution in [0.25, 0.3) is 6.08 Å². The number of piperidine rings is 1. The van der Waals surface area contributed by atoms with Crippen LogP contribution in [0.2, 0.25) is 0 Å². The van der Waals surface area contributed by atoms with E-state index in [1.54, 1.807) is 0 Å². The Morgan fingerprint density at radius 2 is 2.17 bits per heavy atom. The van der Waals surface area contributed by atoms with Gasteiger partial charge >= 0.3 is 0 Å². The molecule has 4 nitrogen and oxygen atoms in total. The Balaban J connectivity index is 1.69. The number of carbonyl (C=O) groups is 1. The molecule has 2 aliphatic rings. The van der Waals surface area contributed by atoms with Gasteiger partial charge in [-0.15, -0.1) is 0 Å². The van der Waals surface area contributed by atoms with E-state index in [1.807, 2.05) is 37.3 Å². The topological polar surface area (TPSA) is 41.9 Å². The third-order valence-corrected chi connectivity index (χ3v) is 5.07. The third kappa shape index (κ3) is 3.96. The van der Waals surface area contributed by atoms with Crippen LogP contribution in [-0.2, 0) is 4.79 Å². The summed E-state index contributed by atoms with van der Waals surface area (Å²) < 4.78 is 5.44. The highest BCUT2D eigenvalue weighted by Crippen LogP contribution is 2.32. The number of amides is 1. The van der Waals surface area contributed by atoms with E-state index in [0.717, 1.165) is 29.6 Å². The molecule has 0 aliphatic carbocycles. The monoisotopic (exact) mass is 330 g/mol. The molecule has 1 saturated heterocycles. The first-order valence-corrected chi connectivity index (χ1v) is 8.97. The molecule has 0 saturated carbocycles. The Bertz CT molecular complexity index is 637. The molecule has 5 heteroatoms. The Kier molecular flexibility index (Phi) is 5.06. The number of ether oxygens (including phenoxy) is 1. The fourth-order valence-electron chi connectivity index (χ4n) is 2.87. The SMILES string of the molecule is CCOc1ccc(/C=C2\SC(N3CCC[C@H](C)C3)=NC2=O)cc1. The van der Waals surface area contributed by atoms with Crippen molar-refractivity contribution in [3.8, 4) is 5.75 Å². The average molecular weight is 330 g/mol. The van der Waals surface area contributed by atoms with Gasteiger partial charge in [0.05, 0.1) is 11.5 Å². The van der Waals surface area contributed by atoms with Crippen LogP contribution in [0.3, 0.4) is 0 Å². The van der Waals surface area contributed by atoms with Crippen molar-refractivity contribution in [1.82, 2.24) is 4.90 Å². The van der Waals surface area contributed by atoms with E-state index >= 15 is 0 Å². The molecule has 0 spiro atoms. The van der Waals surface area contributed by atoms with Crippen molar-refractivity contribution in [3.05, 3.63) is 34.7 Å². The van der Waals surface area contributed by atoms with Gasteiger partial charge in [-0.3, -0.25) is 4.79 Å². The first-order chi connectivity index (χ1) is 11.2. The van der Waals surface area contributed by atoms with Crippen LogP contribution in [0.1, 0.15) is 32.3 Å². The van der Waals surface area contributed by atoms with Gasteiger partial charge in [0, 0.05) is 13.1 Å². The second-order valence-corrected chi connectivity index (χ2v) is 7.01. The highest BCUT2D eigenvalue weighted by atomic mass is 32.2. The van der Waals surface area contributed by atoms with Crippen LogP contribution in [0.5, 0.6) is 5.75 Å². The maximum atomic E-state index is 12.2. The molecule has 23 heavy (non-hydrogen) atoms. The summed E-state index contributed by atoms with van der Waals surface area (Å²) in [5.41, 5.74) is 0.993. The standard InChI is InChI=1S/C18H22N2O2S/c1-3-22-15-8-6-14(7-9-15)11-16-17(21)19-18(23-16)20-10-4-5-13(2)12-20/h6-9,11,13H,3-5,10,12H2,1-2H3/b16-11-/t13-/m0/s1. The molecule has 1 aromatic carbocycles. The van der Waals surface area contributed by atoms with Crippen molar-refractivity contribution in [1.29, 1.82) is 0 Å². The van der Waals surface area contributed by atoms with Crippen molar-refractivity contribution in [2.75, 3.05) is 19.7 Å². The minimum atomic E-state index is -0.128. The van der Waals surface area contributed by atoms with E-state index in [4.69, 9.17) is 4.74 Å². The third-order valence-electron chi connectivity index (χ3n) is 4.03. The zero-order chi connectivity index (χ0) is 16.2. The number of amidine groups is 1. The number of aliphatic imine (C=N–C) groups is 1. The summed E-state index contributed by atoms with van der Waals surface area (Å²) in [4.78, 5) is 19.3. The predicted molar refractivity (Wildman–Crippen MR) is 95.6 cm³/mol. The number of benzene rings is 1. The zero-order valence-corrected chi connectivity index (χ0v) is 14.4. The number of carbonyl (C=O) groups excluding carboxylic acids is 1. The molecule has 0 unspecified atom stereocenters. The van der Waals surface area contributed by atoms with Gasteiger partial charge in [-0.1, -0.05) is 19.1 Å². The van der Waals surface area contributed by atoms with E-state index in [2.05, 4.69) is 16.8 Å². The van der Waals surface area contributed by atoms with Gasteiger partial charge in [0.2, 0.25) is 0 Å². The van der Waals surface area contributed by atoms with E-state index < -0.39 is 0 Å². The Morgan fingerprint density at radius 1 is 1.39 bits per heavy atom. The highest BCUT2D eigenvalue weighted by molar-refractivity contribution is 8.18. The number of hydrogen-bond donors (Lipinski definition) is 0.